The molecule has 0 bridgehead atoms. The number of rotatable bonds is 6. The summed E-state index contributed by atoms with van der Waals surface area (Å²) in [4.78, 5) is 24.0. The zero-order valence-electron chi connectivity index (χ0n) is 13.6. The number of nitrogens with one attached hydrogen (secondary N) is 1. The number of aliphatic hydroxyl groups is 1. The second kappa shape index (κ2) is 8.87. The quantitative estimate of drug-likeness (QED) is 0.618. The van der Waals surface area contributed by atoms with E-state index in [1.54, 1.807) is 0 Å². The first-order valence-electron chi connectivity index (χ1n) is 8.39. The lowest BCUT2D eigenvalue weighted by molar-refractivity contribution is -0.122. The van der Waals surface area contributed by atoms with Gasteiger partial charge in [-0.15, -0.1) is 0 Å². The predicted molar refractivity (Wildman–Crippen MR) is 85.5 cm³/mol. The highest BCUT2D eigenvalue weighted by atomic mass is 19.1. The highest BCUT2D eigenvalue weighted by Gasteiger charge is 2.24. The van der Waals surface area contributed by atoms with Gasteiger partial charge in [-0.1, -0.05) is 19.3 Å². The maximum atomic E-state index is 13.6. The van der Waals surface area contributed by atoms with Gasteiger partial charge in [-0.3, -0.25) is 9.59 Å². The molecule has 0 heterocycles. The van der Waals surface area contributed by atoms with Crippen LogP contribution in [0.2, 0.25) is 0 Å². The summed E-state index contributed by atoms with van der Waals surface area (Å²) in [5.74, 6) is -2.42. The van der Waals surface area contributed by atoms with E-state index in [-0.39, 0.29) is 42.9 Å². The van der Waals surface area contributed by atoms with Gasteiger partial charge >= 0.3 is 0 Å². The van der Waals surface area contributed by atoms with Crippen molar-refractivity contribution in [2.24, 2.45) is 5.92 Å². The van der Waals surface area contributed by atoms with E-state index in [1.165, 1.54) is 0 Å². The van der Waals surface area contributed by atoms with Crippen LogP contribution in [0.15, 0.2) is 18.2 Å². The van der Waals surface area contributed by atoms with Crippen LogP contribution >= 0.6 is 0 Å². The molecule has 0 aromatic heterocycles. The molecule has 2 rings (SSSR count). The average Bonchev–Trinajstić information content (AvgIpc) is 2.77. The molecular formula is C18H23F2NO3. The SMILES string of the molecule is O=C(CCC(=O)c1ccc(F)cc1F)NC1CCCCCC1CO. The lowest BCUT2D eigenvalue weighted by atomic mass is 9.95. The van der Waals surface area contributed by atoms with Crippen molar-refractivity contribution in [2.45, 2.75) is 51.0 Å². The Labute approximate surface area is 140 Å². The van der Waals surface area contributed by atoms with Gasteiger partial charge in [0.15, 0.2) is 5.78 Å². The normalized spacial score (nSPS) is 21.1. The minimum absolute atomic E-state index is 0.0324. The molecule has 2 unspecified atom stereocenters. The van der Waals surface area contributed by atoms with E-state index < -0.39 is 17.4 Å². The van der Waals surface area contributed by atoms with Crippen LogP contribution in [0.4, 0.5) is 8.78 Å². The van der Waals surface area contributed by atoms with Crippen molar-refractivity contribution in [3.63, 3.8) is 0 Å². The van der Waals surface area contributed by atoms with Crippen molar-refractivity contribution in [1.29, 1.82) is 0 Å². The van der Waals surface area contributed by atoms with Gasteiger partial charge in [-0.2, -0.15) is 0 Å². The van der Waals surface area contributed by atoms with Crippen molar-refractivity contribution < 1.29 is 23.5 Å². The van der Waals surface area contributed by atoms with E-state index in [0.29, 0.717) is 6.07 Å². The monoisotopic (exact) mass is 339 g/mol. The van der Waals surface area contributed by atoms with Gasteiger partial charge in [0.1, 0.15) is 11.6 Å². The Morgan fingerprint density at radius 1 is 1.12 bits per heavy atom. The Morgan fingerprint density at radius 3 is 2.58 bits per heavy atom. The molecule has 1 aliphatic rings. The van der Waals surface area contributed by atoms with Crippen LogP contribution in [-0.2, 0) is 4.79 Å². The highest BCUT2D eigenvalue weighted by Crippen LogP contribution is 2.23. The van der Waals surface area contributed by atoms with Crippen molar-refractivity contribution >= 4 is 11.7 Å². The molecule has 132 valence electrons. The molecule has 2 atom stereocenters. The molecule has 1 amide bonds. The Hall–Kier alpha value is -1.82. The average molecular weight is 339 g/mol. The number of carbonyl (C=O) groups excluding carboxylic acids is 2. The largest absolute Gasteiger partial charge is 0.396 e. The third kappa shape index (κ3) is 5.09. The standard InChI is InChI=1S/C18H23F2NO3/c19-13-6-7-14(15(20)10-13)17(23)8-9-18(24)21-16-5-3-1-2-4-12(16)11-22/h6-7,10,12,16,22H,1-5,8-9,11H2,(H,21,24). The number of halogens is 2. The van der Waals surface area contributed by atoms with Crippen LogP contribution in [0, 0.1) is 17.6 Å². The number of carbonyl (C=O) groups is 2. The third-order valence-electron chi connectivity index (χ3n) is 4.55. The number of hydrogen-bond donors (Lipinski definition) is 2. The molecule has 0 spiro atoms. The second-order valence-corrected chi connectivity index (χ2v) is 6.30. The van der Waals surface area contributed by atoms with Gasteiger partial charge in [-0.05, 0) is 25.0 Å². The predicted octanol–water partition coefficient (Wildman–Crippen LogP) is 2.99. The Bertz CT molecular complexity index is 592. The van der Waals surface area contributed by atoms with Gasteiger partial charge in [0.25, 0.3) is 0 Å². The van der Waals surface area contributed by atoms with Crippen molar-refractivity contribution in [2.75, 3.05) is 6.61 Å². The van der Waals surface area contributed by atoms with Crippen molar-refractivity contribution in [3.8, 4) is 0 Å². The lowest BCUT2D eigenvalue weighted by Crippen LogP contribution is -2.41. The molecule has 1 aromatic carbocycles. The number of Topliss-reactive ketones (excluding diaryl/α,β-unsaturated/α-hetero) is 1. The maximum Gasteiger partial charge on any atom is 0.220 e. The second-order valence-electron chi connectivity index (χ2n) is 6.30. The van der Waals surface area contributed by atoms with E-state index in [1.807, 2.05) is 0 Å². The van der Waals surface area contributed by atoms with Gasteiger partial charge < -0.3 is 10.4 Å². The molecule has 2 N–H and O–H groups in total. The summed E-state index contributed by atoms with van der Waals surface area (Å²) in [6.07, 6.45) is 4.64. The van der Waals surface area contributed by atoms with E-state index in [2.05, 4.69) is 5.32 Å². The molecular weight excluding hydrogens is 316 g/mol. The van der Waals surface area contributed by atoms with Gasteiger partial charge in [0.2, 0.25) is 5.91 Å². The van der Waals surface area contributed by atoms with Crippen LogP contribution < -0.4 is 5.32 Å². The van der Waals surface area contributed by atoms with Gasteiger partial charge in [0, 0.05) is 37.5 Å². The van der Waals surface area contributed by atoms with Crippen LogP contribution in [-0.4, -0.2) is 29.4 Å². The number of amides is 1. The van der Waals surface area contributed by atoms with E-state index in [0.717, 1.165) is 44.2 Å². The molecule has 4 nitrogen and oxygen atoms in total. The molecule has 1 aliphatic carbocycles. The van der Waals surface area contributed by atoms with Crippen molar-refractivity contribution in [1.82, 2.24) is 5.32 Å². The number of ketones is 1. The van der Waals surface area contributed by atoms with Crippen LogP contribution in [0.5, 0.6) is 0 Å². The zero-order valence-corrected chi connectivity index (χ0v) is 13.6. The summed E-state index contributed by atoms with van der Waals surface area (Å²) in [7, 11) is 0. The smallest absolute Gasteiger partial charge is 0.220 e. The molecule has 1 aromatic rings. The molecule has 24 heavy (non-hydrogen) atoms. The molecule has 0 radical (unpaired) electrons. The third-order valence-corrected chi connectivity index (χ3v) is 4.55. The first-order valence-corrected chi connectivity index (χ1v) is 8.39. The van der Waals surface area contributed by atoms with Crippen LogP contribution in [0.1, 0.15) is 55.3 Å². The minimum Gasteiger partial charge on any atom is -0.396 e. The Kier molecular flexibility index (Phi) is 6.85. The molecule has 6 heteroatoms. The highest BCUT2D eigenvalue weighted by molar-refractivity contribution is 5.98. The van der Waals surface area contributed by atoms with E-state index in [4.69, 9.17) is 0 Å². The fourth-order valence-electron chi connectivity index (χ4n) is 3.15. The zero-order chi connectivity index (χ0) is 17.5. The summed E-state index contributed by atoms with van der Waals surface area (Å²) in [5, 5.41) is 12.3. The summed E-state index contributed by atoms with van der Waals surface area (Å²) < 4.78 is 26.4. The van der Waals surface area contributed by atoms with E-state index >= 15 is 0 Å². The molecule has 0 aliphatic heterocycles. The van der Waals surface area contributed by atoms with Crippen LogP contribution in [0.25, 0.3) is 0 Å². The fourth-order valence-corrected chi connectivity index (χ4v) is 3.15. The number of aliphatic hydroxyl groups excluding tert-OH is 1. The lowest BCUT2D eigenvalue weighted by Gasteiger charge is -2.24. The fraction of sp³-hybridized carbons (Fsp3) is 0.556. The first-order chi connectivity index (χ1) is 11.5. The number of hydrogen-bond acceptors (Lipinski definition) is 3. The van der Waals surface area contributed by atoms with Gasteiger partial charge in [-0.25, -0.2) is 8.78 Å². The Balaban J connectivity index is 1.86. The van der Waals surface area contributed by atoms with Gasteiger partial charge in [0.05, 0.1) is 5.56 Å². The minimum atomic E-state index is -0.912. The van der Waals surface area contributed by atoms with Crippen LogP contribution in [0.3, 0.4) is 0 Å². The summed E-state index contributed by atoms with van der Waals surface area (Å²) in [6, 6.07) is 2.69. The summed E-state index contributed by atoms with van der Waals surface area (Å²) in [5.41, 5.74) is -0.202. The van der Waals surface area contributed by atoms with Crippen molar-refractivity contribution in [3.05, 3.63) is 35.4 Å². The summed E-state index contributed by atoms with van der Waals surface area (Å²) >= 11 is 0. The molecule has 1 saturated carbocycles. The summed E-state index contributed by atoms with van der Waals surface area (Å²) in [6.45, 7) is 0.0324. The van der Waals surface area contributed by atoms with E-state index in [9.17, 15) is 23.5 Å². The topological polar surface area (TPSA) is 66.4 Å². The maximum absolute atomic E-state index is 13.6. The first kappa shape index (κ1) is 18.5. The molecule has 0 saturated heterocycles. The Morgan fingerprint density at radius 2 is 1.88 bits per heavy atom. The number of benzene rings is 1. The molecule has 1 fully saturated rings.